The summed E-state index contributed by atoms with van der Waals surface area (Å²) in [7, 11) is 0. The number of ether oxygens (including phenoxy) is 4. The van der Waals surface area contributed by atoms with E-state index in [-0.39, 0.29) is 42.7 Å². The van der Waals surface area contributed by atoms with Gasteiger partial charge >= 0.3 is 5.97 Å². The van der Waals surface area contributed by atoms with Crippen molar-refractivity contribution in [1.82, 2.24) is 10.3 Å². The first kappa shape index (κ1) is 22.8. The fourth-order valence-electron chi connectivity index (χ4n) is 3.02. The highest BCUT2D eigenvalue weighted by Gasteiger charge is 2.18. The van der Waals surface area contributed by atoms with E-state index in [1.165, 1.54) is 25.3 Å². The highest BCUT2D eigenvalue weighted by atomic mass is 19.1. The number of benzene rings is 2. The van der Waals surface area contributed by atoms with E-state index in [4.69, 9.17) is 24.1 Å². The lowest BCUT2D eigenvalue weighted by atomic mass is 10.2. The van der Waals surface area contributed by atoms with Crippen molar-refractivity contribution in [2.75, 3.05) is 13.4 Å². The summed E-state index contributed by atoms with van der Waals surface area (Å²) in [6.07, 6.45) is 1.49. The minimum Gasteiger partial charge on any atom is -0.493 e. The first-order chi connectivity index (χ1) is 16.4. The third-order valence-electron chi connectivity index (χ3n) is 4.96. The number of aliphatic carboxylic acids is 1. The number of fused-ring (bicyclic) bond motifs is 1. The van der Waals surface area contributed by atoms with Gasteiger partial charge in [0.05, 0.1) is 5.92 Å². The van der Waals surface area contributed by atoms with Gasteiger partial charge in [-0.25, -0.2) is 9.37 Å². The highest BCUT2D eigenvalue weighted by Crippen LogP contribution is 2.36. The van der Waals surface area contributed by atoms with Crippen molar-refractivity contribution < 1.29 is 38.0 Å². The van der Waals surface area contributed by atoms with Gasteiger partial charge in [-0.3, -0.25) is 9.59 Å². The number of nitrogens with zero attached hydrogens (tertiary/aromatic N) is 1. The first-order valence-electron chi connectivity index (χ1n) is 10.4. The Morgan fingerprint density at radius 2 is 1.94 bits per heavy atom. The Kier molecular flexibility index (Phi) is 6.77. The van der Waals surface area contributed by atoms with Crippen LogP contribution in [0, 0.1) is 11.7 Å². The lowest BCUT2D eigenvalue weighted by molar-refractivity contribution is -0.142. The topological polar surface area (TPSA) is 116 Å². The number of pyridine rings is 1. The number of rotatable bonds is 9. The molecule has 1 atom stereocenters. The molecular formula is C24H21FN2O7. The van der Waals surface area contributed by atoms with Gasteiger partial charge in [0.25, 0.3) is 5.91 Å². The van der Waals surface area contributed by atoms with Crippen molar-refractivity contribution in [3.05, 3.63) is 71.7 Å². The number of aromatic nitrogens is 1. The van der Waals surface area contributed by atoms with Crippen LogP contribution in [-0.2, 0) is 11.3 Å². The van der Waals surface area contributed by atoms with Gasteiger partial charge in [-0.15, -0.1) is 0 Å². The van der Waals surface area contributed by atoms with Crippen LogP contribution in [0.15, 0.2) is 54.7 Å². The Labute approximate surface area is 194 Å². The minimum atomic E-state index is -1.00. The second-order valence-electron chi connectivity index (χ2n) is 7.46. The number of hydrogen-bond donors (Lipinski definition) is 2. The van der Waals surface area contributed by atoms with Crippen LogP contribution in [0.5, 0.6) is 28.9 Å². The summed E-state index contributed by atoms with van der Waals surface area (Å²) < 4.78 is 36.1. The molecule has 2 heterocycles. The molecule has 0 spiro atoms. The van der Waals surface area contributed by atoms with Gasteiger partial charge in [0, 0.05) is 30.4 Å². The largest absolute Gasteiger partial charge is 0.493 e. The molecule has 0 radical (unpaired) electrons. The molecule has 2 N–H and O–H groups in total. The second kappa shape index (κ2) is 10.1. The molecule has 34 heavy (non-hydrogen) atoms. The standard InChI is InChI=1S/C24H21FN2O7/c1-14(24(29)30)12-31-16-5-4-15(19(25)9-16)11-27-22(28)18-3-2-8-26-23(18)34-17-6-7-20-21(10-17)33-13-32-20/h2-10,14H,11-13H2,1H3,(H,27,28)(H,29,30). The van der Waals surface area contributed by atoms with Crippen LogP contribution in [-0.4, -0.2) is 35.4 Å². The van der Waals surface area contributed by atoms with Crippen LogP contribution in [0.4, 0.5) is 4.39 Å². The Hall–Kier alpha value is -4.34. The number of carboxylic acids is 1. The molecule has 0 saturated carbocycles. The number of carboxylic acid groups (broad SMARTS) is 1. The van der Waals surface area contributed by atoms with E-state index < -0.39 is 23.6 Å². The second-order valence-corrected chi connectivity index (χ2v) is 7.46. The van der Waals surface area contributed by atoms with Crippen LogP contribution in [0.1, 0.15) is 22.8 Å². The molecule has 1 unspecified atom stereocenters. The zero-order valence-corrected chi connectivity index (χ0v) is 18.1. The lowest BCUT2D eigenvalue weighted by Crippen LogP contribution is -2.24. The Morgan fingerprint density at radius 1 is 1.15 bits per heavy atom. The molecule has 9 nitrogen and oxygen atoms in total. The first-order valence-corrected chi connectivity index (χ1v) is 10.4. The molecule has 4 rings (SSSR count). The Morgan fingerprint density at radius 3 is 2.74 bits per heavy atom. The maximum Gasteiger partial charge on any atom is 0.309 e. The van der Waals surface area contributed by atoms with E-state index in [1.807, 2.05) is 0 Å². The zero-order valence-electron chi connectivity index (χ0n) is 18.1. The summed E-state index contributed by atoms with van der Waals surface area (Å²) in [6.45, 7) is 1.44. The summed E-state index contributed by atoms with van der Waals surface area (Å²) >= 11 is 0. The molecule has 2 aromatic carbocycles. The summed E-state index contributed by atoms with van der Waals surface area (Å²) in [5, 5.41) is 11.5. The quantitative estimate of drug-likeness (QED) is 0.488. The molecule has 3 aromatic rings. The fourth-order valence-corrected chi connectivity index (χ4v) is 3.02. The van der Waals surface area contributed by atoms with E-state index in [1.54, 1.807) is 30.3 Å². The molecule has 1 amide bonds. The lowest BCUT2D eigenvalue weighted by Gasteiger charge is -2.12. The number of halogens is 1. The molecule has 0 saturated heterocycles. The maximum absolute atomic E-state index is 14.5. The predicted molar refractivity (Wildman–Crippen MR) is 117 cm³/mol. The van der Waals surface area contributed by atoms with Crippen LogP contribution in [0.3, 0.4) is 0 Å². The molecule has 10 heteroatoms. The summed E-state index contributed by atoms with van der Waals surface area (Å²) in [4.78, 5) is 27.7. The molecule has 0 aliphatic carbocycles. The van der Waals surface area contributed by atoms with Gasteiger partial charge < -0.3 is 29.4 Å². The smallest absolute Gasteiger partial charge is 0.309 e. The van der Waals surface area contributed by atoms with Crippen molar-refractivity contribution in [1.29, 1.82) is 0 Å². The zero-order chi connectivity index (χ0) is 24.1. The van der Waals surface area contributed by atoms with E-state index in [0.29, 0.717) is 17.2 Å². The molecule has 1 aromatic heterocycles. The maximum atomic E-state index is 14.5. The number of carbonyl (C=O) groups is 2. The van der Waals surface area contributed by atoms with E-state index >= 15 is 0 Å². The van der Waals surface area contributed by atoms with E-state index in [0.717, 1.165) is 6.07 Å². The van der Waals surface area contributed by atoms with Crippen LogP contribution < -0.4 is 24.3 Å². The van der Waals surface area contributed by atoms with Crippen LogP contribution in [0.25, 0.3) is 0 Å². The van der Waals surface area contributed by atoms with Gasteiger partial charge in [0.1, 0.15) is 29.5 Å². The average molecular weight is 468 g/mol. The van der Waals surface area contributed by atoms with Crippen LogP contribution >= 0.6 is 0 Å². The predicted octanol–water partition coefficient (Wildman–Crippen LogP) is 3.77. The number of nitrogens with one attached hydrogen (secondary N) is 1. The average Bonchev–Trinajstić information content (AvgIpc) is 3.30. The van der Waals surface area contributed by atoms with Gasteiger partial charge in [-0.2, -0.15) is 0 Å². The van der Waals surface area contributed by atoms with Crippen molar-refractivity contribution in [2.24, 2.45) is 5.92 Å². The molecule has 0 fully saturated rings. The number of amides is 1. The van der Waals surface area contributed by atoms with Crippen LogP contribution in [0.2, 0.25) is 0 Å². The molecule has 1 aliphatic rings. The van der Waals surface area contributed by atoms with Gasteiger partial charge in [0.15, 0.2) is 11.5 Å². The van der Waals surface area contributed by atoms with Crippen molar-refractivity contribution in [2.45, 2.75) is 13.5 Å². The summed E-state index contributed by atoms with van der Waals surface area (Å²) in [5.41, 5.74) is 0.400. The number of carbonyl (C=O) groups excluding carboxylic acids is 1. The molecule has 176 valence electrons. The third-order valence-corrected chi connectivity index (χ3v) is 4.96. The molecular weight excluding hydrogens is 447 g/mol. The Balaban J connectivity index is 1.39. The third kappa shape index (κ3) is 5.34. The monoisotopic (exact) mass is 468 g/mol. The van der Waals surface area contributed by atoms with Crippen molar-refractivity contribution in [3.8, 4) is 28.9 Å². The van der Waals surface area contributed by atoms with Crippen molar-refractivity contribution in [3.63, 3.8) is 0 Å². The van der Waals surface area contributed by atoms with Gasteiger partial charge in [0.2, 0.25) is 12.7 Å². The van der Waals surface area contributed by atoms with E-state index in [2.05, 4.69) is 10.3 Å². The minimum absolute atomic E-state index is 0.0793. The van der Waals surface area contributed by atoms with Crippen molar-refractivity contribution >= 4 is 11.9 Å². The van der Waals surface area contributed by atoms with Gasteiger partial charge in [-0.1, -0.05) is 6.07 Å². The van der Waals surface area contributed by atoms with E-state index in [9.17, 15) is 14.0 Å². The normalized spacial score (nSPS) is 12.6. The summed E-state index contributed by atoms with van der Waals surface area (Å²) in [5.74, 6) is -1.00. The summed E-state index contributed by atoms with van der Waals surface area (Å²) in [6, 6.07) is 12.2. The highest BCUT2D eigenvalue weighted by molar-refractivity contribution is 5.96. The van der Waals surface area contributed by atoms with Gasteiger partial charge in [-0.05, 0) is 37.3 Å². The SMILES string of the molecule is CC(COc1ccc(CNC(=O)c2cccnc2Oc2ccc3c(c2)OCO3)c(F)c1)C(=O)O. The fraction of sp³-hybridized carbons (Fsp3) is 0.208. The number of hydrogen-bond acceptors (Lipinski definition) is 7. The molecule has 0 bridgehead atoms. The Bertz CT molecular complexity index is 1220. The molecule has 1 aliphatic heterocycles.